The van der Waals surface area contributed by atoms with Crippen molar-refractivity contribution in [3.63, 3.8) is 0 Å². The van der Waals surface area contributed by atoms with Crippen LogP contribution >= 0.6 is 0 Å². The fourth-order valence-corrected chi connectivity index (χ4v) is 5.92. The third kappa shape index (κ3) is 5.19. The Hall–Kier alpha value is -3.81. The van der Waals surface area contributed by atoms with Gasteiger partial charge in [-0.2, -0.15) is 0 Å². The highest BCUT2D eigenvalue weighted by Crippen LogP contribution is 2.28. The number of fused-ring (bicyclic) bond motifs is 1. The van der Waals surface area contributed by atoms with E-state index in [-0.39, 0.29) is 17.0 Å². The molecule has 0 saturated heterocycles. The largest absolute Gasteiger partial charge is 0.290 e. The monoisotopic (exact) mass is 516 g/mol. The van der Waals surface area contributed by atoms with Crippen LogP contribution in [0, 0.1) is 18.6 Å². The van der Waals surface area contributed by atoms with Gasteiger partial charge < -0.3 is 0 Å². The first-order valence-corrected chi connectivity index (χ1v) is 13.4. The Kier molecular flexibility index (Phi) is 6.91. The van der Waals surface area contributed by atoms with E-state index in [9.17, 15) is 17.2 Å². The molecule has 0 saturated carbocycles. The Bertz CT molecular complexity index is 1650. The van der Waals surface area contributed by atoms with Crippen molar-refractivity contribution in [1.29, 1.82) is 0 Å². The van der Waals surface area contributed by atoms with Crippen LogP contribution in [0.5, 0.6) is 0 Å². The summed E-state index contributed by atoms with van der Waals surface area (Å²) in [7, 11) is -3.84. The van der Waals surface area contributed by atoms with Crippen LogP contribution in [0.1, 0.15) is 22.3 Å². The maximum atomic E-state index is 14.6. The van der Waals surface area contributed by atoms with Crippen LogP contribution in [0.4, 0.5) is 8.78 Å². The summed E-state index contributed by atoms with van der Waals surface area (Å²) >= 11 is 0. The van der Waals surface area contributed by atoms with Crippen LogP contribution in [-0.4, -0.2) is 17.3 Å². The van der Waals surface area contributed by atoms with E-state index in [4.69, 9.17) is 0 Å². The Morgan fingerprint density at radius 2 is 1.41 bits per heavy atom. The molecule has 0 spiro atoms. The SMILES string of the molecule is Cc1ccc(S(=O)(=O)n2cc(CN(Cc3ccccc3)Cc3cccc(F)c3F)c3ccccc32)cc1. The van der Waals surface area contributed by atoms with Crippen molar-refractivity contribution in [2.75, 3.05) is 0 Å². The molecule has 4 aromatic carbocycles. The number of halogens is 2. The molecular formula is C30H26F2N2O2S. The maximum Gasteiger partial charge on any atom is 0.268 e. The number of rotatable bonds is 8. The molecule has 0 radical (unpaired) electrons. The Morgan fingerprint density at radius 1 is 0.730 bits per heavy atom. The van der Waals surface area contributed by atoms with Gasteiger partial charge in [0.15, 0.2) is 11.6 Å². The van der Waals surface area contributed by atoms with E-state index in [0.29, 0.717) is 18.6 Å². The molecule has 0 aliphatic carbocycles. The van der Waals surface area contributed by atoms with E-state index in [0.717, 1.165) is 28.1 Å². The minimum atomic E-state index is -3.84. The second-order valence-corrected chi connectivity index (χ2v) is 10.9. The lowest BCUT2D eigenvalue weighted by Crippen LogP contribution is -2.23. The first-order valence-electron chi connectivity index (χ1n) is 11.9. The molecule has 0 amide bonds. The molecule has 0 aliphatic rings. The van der Waals surface area contributed by atoms with Crippen LogP contribution in [0.2, 0.25) is 0 Å². The summed E-state index contributed by atoms with van der Waals surface area (Å²) in [6.45, 7) is 2.87. The lowest BCUT2D eigenvalue weighted by molar-refractivity contribution is 0.244. The summed E-state index contributed by atoms with van der Waals surface area (Å²) in [5, 5.41) is 0.788. The molecule has 0 aliphatic heterocycles. The fourth-order valence-electron chi connectivity index (χ4n) is 4.53. The summed E-state index contributed by atoms with van der Waals surface area (Å²) in [4.78, 5) is 2.19. The zero-order valence-corrected chi connectivity index (χ0v) is 21.1. The number of hydrogen-bond donors (Lipinski definition) is 0. The molecule has 5 rings (SSSR count). The van der Waals surface area contributed by atoms with Gasteiger partial charge in [0, 0.05) is 36.8 Å². The third-order valence-corrected chi connectivity index (χ3v) is 8.09. The number of hydrogen-bond acceptors (Lipinski definition) is 3. The van der Waals surface area contributed by atoms with E-state index in [1.54, 1.807) is 48.7 Å². The summed E-state index contributed by atoms with van der Waals surface area (Å²) < 4.78 is 57.0. The number of nitrogens with zero attached hydrogens (tertiary/aromatic N) is 2. The van der Waals surface area contributed by atoms with Crippen molar-refractivity contribution in [2.45, 2.75) is 31.5 Å². The predicted octanol–water partition coefficient (Wildman–Crippen LogP) is 6.67. The van der Waals surface area contributed by atoms with E-state index in [1.807, 2.05) is 54.3 Å². The van der Waals surface area contributed by atoms with Gasteiger partial charge in [-0.25, -0.2) is 21.2 Å². The highest BCUT2D eigenvalue weighted by molar-refractivity contribution is 7.90. The molecule has 188 valence electrons. The summed E-state index contributed by atoms with van der Waals surface area (Å²) in [5.41, 5.74) is 3.56. The van der Waals surface area contributed by atoms with E-state index >= 15 is 0 Å². The number of para-hydroxylation sites is 1. The lowest BCUT2D eigenvalue weighted by Gasteiger charge is -2.23. The Balaban J connectivity index is 1.56. The second-order valence-electron chi connectivity index (χ2n) is 9.13. The standard InChI is InChI=1S/C30H26F2N2O2S/c1-22-14-16-26(17-15-22)37(35,36)34-21-25(27-11-5-6-13-29(27)34)20-33(18-23-8-3-2-4-9-23)19-24-10-7-12-28(31)30(24)32/h2-17,21H,18-20H2,1H3. The normalized spacial score (nSPS) is 11.9. The molecule has 0 N–H and O–H groups in total. The molecule has 4 nitrogen and oxygen atoms in total. The molecule has 0 fully saturated rings. The Labute approximate surface area is 215 Å². The van der Waals surface area contributed by atoms with Crippen LogP contribution in [0.25, 0.3) is 10.9 Å². The van der Waals surface area contributed by atoms with Crippen molar-refractivity contribution >= 4 is 20.9 Å². The third-order valence-electron chi connectivity index (χ3n) is 6.41. The molecular weight excluding hydrogens is 490 g/mol. The van der Waals surface area contributed by atoms with Gasteiger partial charge in [0.05, 0.1) is 10.4 Å². The molecule has 1 aromatic heterocycles. The van der Waals surface area contributed by atoms with E-state index < -0.39 is 21.7 Å². The highest BCUT2D eigenvalue weighted by atomic mass is 32.2. The molecule has 0 unspecified atom stereocenters. The second kappa shape index (κ2) is 10.3. The highest BCUT2D eigenvalue weighted by Gasteiger charge is 2.22. The van der Waals surface area contributed by atoms with Gasteiger partial charge in [-0.15, -0.1) is 0 Å². The summed E-state index contributed by atoms with van der Waals surface area (Å²) in [6.07, 6.45) is 1.64. The minimum Gasteiger partial charge on any atom is -0.290 e. The summed E-state index contributed by atoms with van der Waals surface area (Å²) in [6, 6.07) is 28.0. The van der Waals surface area contributed by atoms with E-state index in [2.05, 4.69) is 0 Å². The van der Waals surface area contributed by atoms with Crippen LogP contribution < -0.4 is 0 Å². The van der Waals surface area contributed by atoms with Gasteiger partial charge in [0.25, 0.3) is 10.0 Å². The van der Waals surface area contributed by atoms with Gasteiger partial charge in [-0.05, 0) is 42.3 Å². The van der Waals surface area contributed by atoms with Gasteiger partial charge in [0.2, 0.25) is 0 Å². The average molecular weight is 517 g/mol. The minimum absolute atomic E-state index is 0.155. The predicted molar refractivity (Wildman–Crippen MR) is 141 cm³/mol. The van der Waals surface area contributed by atoms with Gasteiger partial charge in [-0.1, -0.05) is 78.4 Å². The van der Waals surface area contributed by atoms with Crippen LogP contribution in [0.3, 0.4) is 0 Å². The topological polar surface area (TPSA) is 42.3 Å². The quantitative estimate of drug-likeness (QED) is 0.231. The van der Waals surface area contributed by atoms with Gasteiger partial charge >= 0.3 is 0 Å². The Morgan fingerprint density at radius 3 is 2.16 bits per heavy atom. The first-order chi connectivity index (χ1) is 17.8. The molecule has 7 heteroatoms. The van der Waals surface area contributed by atoms with Gasteiger partial charge in [-0.3, -0.25) is 4.90 Å². The fraction of sp³-hybridized carbons (Fsp3) is 0.133. The lowest BCUT2D eigenvalue weighted by atomic mass is 10.1. The maximum absolute atomic E-state index is 14.6. The molecule has 0 bridgehead atoms. The molecule has 37 heavy (non-hydrogen) atoms. The van der Waals surface area contributed by atoms with Crippen molar-refractivity contribution < 1.29 is 17.2 Å². The number of benzene rings is 4. The molecule has 5 aromatic rings. The van der Waals surface area contributed by atoms with Crippen molar-refractivity contribution in [3.05, 3.63) is 137 Å². The zero-order chi connectivity index (χ0) is 26.0. The van der Waals surface area contributed by atoms with Crippen molar-refractivity contribution in [3.8, 4) is 0 Å². The van der Waals surface area contributed by atoms with Gasteiger partial charge in [0.1, 0.15) is 0 Å². The zero-order valence-electron chi connectivity index (χ0n) is 20.3. The number of aromatic nitrogens is 1. The average Bonchev–Trinajstić information content (AvgIpc) is 3.27. The van der Waals surface area contributed by atoms with Crippen molar-refractivity contribution in [2.24, 2.45) is 0 Å². The smallest absolute Gasteiger partial charge is 0.268 e. The summed E-state index contributed by atoms with van der Waals surface area (Å²) in [5.74, 6) is -1.76. The number of aryl methyl sites for hydroxylation is 1. The van der Waals surface area contributed by atoms with Crippen LogP contribution in [0.15, 0.2) is 108 Å². The van der Waals surface area contributed by atoms with Crippen molar-refractivity contribution in [1.82, 2.24) is 8.87 Å². The van der Waals surface area contributed by atoms with E-state index in [1.165, 1.54) is 10.0 Å². The first kappa shape index (κ1) is 24.9. The molecule has 1 heterocycles. The van der Waals surface area contributed by atoms with Crippen LogP contribution in [-0.2, 0) is 29.7 Å². The molecule has 0 atom stereocenters.